The van der Waals surface area contributed by atoms with Crippen LogP contribution in [-0.4, -0.2) is 35.8 Å². The third-order valence-electron chi connectivity index (χ3n) is 3.94. The van der Waals surface area contributed by atoms with Gasteiger partial charge in [0.15, 0.2) is 0 Å². The van der Waals surface area contributed by atoms with E-state index in [4.69, 9.17) is 9.47 Å². The van der Waals surface area contributed by atoms with Crippen molar-refractivity contribution in [1.82, 2.24) is 4.90 Å². The van der Waals surface area contributed by atoms with E-state index in [0.717, 1.165) is 0 Å². The first kappa shape index (κ1) is 14.3. The number of rotatable bonds is 1. The Labute approximate surface area is 123 Å². The number of amides is 1. The van der Waals surface area contributed by atoms with Gasteiger partial charge in [0.05, 0.1) is 6.54 Å². The average Bonchev–Trinajstić information content (AvgIpc) is 3.11. The number of likely N-dealkylation sites (tertiary alicyclic amines) is 1. The van der Waals surface area contributed by atoms with Crippen LogP contribution in [-0.2, 0) is 15.1 Å². The molecule has 0 saturated carbocycles. The summed E-state index contributed by atoms with van der Waals surface area (Å²) in [5.74, 6) is -0.245. The Morgan fingerprint density at radius 1 is 1.43 bits per heavy atom. The van der Waals surface area contributed by atoms with Gasteiger partial charge in [-0.05, 0) is 26.8 Å². The van der Waals surface area contributed by atoms with Crippen LogP contribution in [0.15, 0.2) is 24.3 Å². The molecule has 2 fully saturated rings. The van der Waals surface area contributed by atoms with Crippen LogP contribution in [0.25, 0.3) is 0 Å². The molecule has 3 rings (SSSR count). The minimum absolute atomic E-state index is 0.143. The third-order valence-corrected chi connectivity index (χ3v) is 3.94. The largest absolute Gasteiger partial charge is 0.444 e. The van der Waals surface area contributed by atoms with Gasteiger partial charge >= 0.3 is 6.09 Å². The molecule has 0 aliphatic carbocycles. The van der Waals surface area contributed by atoms with Crippen LogP contribution in [0.2, 0.25) is 0 Å². The van der Waals surface area contributed by atoms with E-state index in [1.807, 2.05) is 26.8 Å². The predicted octanol–water partition coefficient (Wildman–Crippen LogP) is 3.06. The van der Waals surface area contributed by atoms with Crippen LogP contribution in [0, 0.1) is 5.82 Å². The first-order valence-electron chi connectivity index (χ1n) is 7.23. The van der Waals surface area contributed by atoms with Crippen molar-refractivity contribution >= 4 is 6.09 Å². The molecule has 1 aromatic rings. The van der Waals surface area contributed by atoms with Gasteiger partial charge in [0.2, 0.25) is 0 Å². The van der Waals surface area contributed by atoms with Gasteiger partial charge in [0, 0.05) is 18.5 Å². The number of carbonyl (C=O) groups is 1. The molecule has 2 atom stereocenters. The molecule has 1 amide bonds. The Bertz CT molecular complexity index is 569. The average molecular weight is 293 g/mol. The lowest BCUT2D eigenvalue weighted by atomic mass is 9.89. The lowest BCUT2D eigenvalue weighted by molar-refractivity contribution is 0.0217. The van der Waals surface area contributed by atoms with E-state index in [0.29, 0.717) is 25.1 Å². The first-order valence-corrected chi connectivity index (χ1v) is 7.23. The number of ether oxygens (including phenoxy) is 2. The smallest absolute Gasteiger partial charge is 0.410 e. The molecule has 2 heterocycles. The molecule has 5 heteroatoms. The molecule has 2 aliphatic rings. The molecule has 114 valence electrons. The van der Waals surface area contributed by atoms with Gasteiger partial charge in [0.25, 0.3) is 0 Å². The van der Waals surface area contributed by atoms with Crippen LogP contribution >= 0.6 is 0 Å². The predicted molar refractivity (Wildman–Crippen MR) is 75.4 cm³/mol. The maximum Gasteiger partial charge on any atom is 0.410 e. The molecular weight excluding hydrogens is 273 g/mol. The second kappa shape index (κ2) is 4.70. The van der Waals surface area contributed by atoms with Gasteiger partial charge in [-0.25, -0.2) is 9.18 Å². The van der Waals surface area contributed by atoms with E-state index < -0.39 is 11.2 Å². The fraction of sp³-hybridized carbons (Fsp3) is 0.562. The highest BCUT2D eigenvalue weighted by molar-refractivity contribution is 5.68. The van der Waals surface area contributed by atoms with Gasteiger partial charge < -0.3 is 14.4 Å². The second-order valence-electron chi connectivity index (χ2n) is 6.65. The molecule has 4 nitrogen and oxygen atoms in total. The van der Waals surface area contributed by atoms with Gasteiger partial charge in [-0.2, -0.15) is 0 Å². The molecule has 0 spiro atoms. The SMILES string of the molecule is CC(C)(C)OC(=O)N1CC[C@]2(c3ccccc3F)O[C@H]2C1. The summed E-state index contributed by atoms with van der Waals surface area (Å²) < 4.78 is 25.1. The molecule has 1 aromatic carbocycles. The quantitative estimate of drug-likeness (QED) is 0.747. The van der Waals surface area contributed by atoms with Gasteiger partial charge in [0.1, 0.15) is 23.1 Å². The number of fused-ring (bicyclic) bond motifs is 1. The van der Waals surface area contributed by atoms with E-state index in [1.165, 1.54) is 6.07 Å². The molecule has 0 aromatic heterocycles. The molecular formula is C16H20FNO3. The highest BCUT2D eigenvalue weighted by Gasteiger charge is 2.61. The maximum absolute atomic E-state index is 13.9. The lowest BCUT2D eigenvalue weighted by Gasteiger charge is -2.31. The van der Waals surface area contributed by atoms with E-state index in [1.54, 1.807) is 17.0 Å². The normalized spacial score (nSPS) is 28.0. The Hall–Kier alpha value is -1.62. The molecule has 0 bridgehead atoms. The summed E-state index contributed by atoms with van der Waals surface area (Å²) in [6.45, 7) is 6.48. The summed E-state index contributed by atoms with van der Waals surface area (Å²) in [5.41, 5.74) is -0.468. The van der Waals surface area contributed by atoms with Crippen molar-refractivity contribution in [1.29, 1.82) is 0 Å². The first-order chi connectivity index (χ1) is 9.82. The number of halogens is 1. The zero-order valence-electron chi connectivity index (χ0n) is 12.6. The van der Waals surface area contributed by atoms with Crippen LogP contribution < -0.4 is 0 Å². The monoisotopic (exact) mass is 293 g/mol. The van der Waals surface area contributed by atoms with E-state index in [9.17, 15) is 9.18 Å². The summed E-state index contributed by atoms with van der Waals surface area (Å²) in [6.07, 6.45) is 0.119. The van der Waals surface area contributed by atoms with Crippen LogP contribution in [0.5, 0.6) is 0 Å². The Balaban J connectivity index is 1.69. The standard InChI is InChI=1S/C16H20FNO3/c1-15(2,3)21-14(19)18-9-8-16(13(10-18)20-16)11-6-4-5-7-12(11)17/h4-7,13H,8-10H2,1-3H3/t13-,16+/m0/s1. The Kier molecular flexibility index (Phi) is 3.20. The minimum Gasteiger partial charge on any atom is -0.444 e. The number of epoxide rings is 1. The molecule has 2 aliphatic heterocycles. The fourth-order valence-electron chi connectivity index (χ4n) is 2.89. The minimum atomic E-state index is -0.552. The van der Waals surface area contributed by atoms with Gasteiger partial charge in [-0.1, -0.05) is 18.2 Å². The molecule has 2 saturated heterocycles. The van der Waals surface area contributed by atoms with Gasteiger partial charge in [-0.3, -0.25) is 0 Å². The fourth-order valence-corrected chi connectivity index (χ4v) is 2.89. The second-order valence-corrected chi connectivity index (χ2v) is 6.65. The van der Waals surface area contributed by atoms with E-state index in [-0.39, 0.29) is 18.0 Å². The summed E-state index contributed by atoms with van der Waals surface area (Å²) in [5, 5.41) is 0. The molecule has 21 heavy (non-hydrogen) atoms. The van der Waals surface area contributed by atoms with E-state index >= 15 is 0 Å². The van der Waals surface area contributed by atoms with Crippen molar-refractivity contribution < 1.29 is 18.7 Å². The van der Waals surface area contributed by atoms with Gasteiger partial charge in [-0.15, -0.1) is 0 Å². The maximum atomic E-state index is 13.9. The third kappa shape index (κ3) is 2.62. The molecule has 0 radical (unpaired) electrons. The van der Waals surface area contributed by atoms with Crippen molar-refractivity contribution in [3.63, 3.8) is 0 Å². The van der Waals surface area contributed by atoms with Crippen molar-refractivity contribution in [2.75, 3.05) is 13.1 Å². The zero-order valence-corrected chi connectivity index (χ0v) is 12.6. The summed E-state index contributed by atoms with van der Waals surface area (Å²) in [7, 11) is 0. The highest BCUT2D eigenvalue weighted by Crippen LogP contribution is 2.52. The Morgan fingerprint density at radius 3 is 2.76 bits per heavy atom. The van der Waals surface area contributed by atoms with Crippen molar-refractivity contribution in [2.24, 2.45) is 0 Å². The lowest BCUT2D eigenvalue weighted by Crippen LogP contribution is -2.44. The summed E-state index contributed by atoms with van der Waals surface area (Å²) in [6, 6.07) is 6.69. The number of carbonyl (C=O) groups excluding carboxylic acids is 1. The molecule has 0 unspecified atom stereocenters. The highest BCUT2D eigenvalue weighted by atomic mass is 19.1. The van der Waals surface area contributed by atoms with Crippen molar-refractivity contribution in [3.8, 4) is 0 Å². The number of hydrogen-bond acceptors (Lipinski definition) is 3. The summed E-state index contributed by atoms with van der Waals surface area (Å²) in [4.78, 5) is 13.7. The van der Waals surface area contributed by atoms with Crippen LogP contribution in [0.1, 0.15) is 32.8 Å². The summed E-state index contributed by atoms with van der Waals surface area (Å²) >= 11 is 0. The number of piperidine rings is 1. The zero-order chi connectivity index (χ0) is 15.3. The number of benzene rings is 1. The molecule has 0 N–H and O–H groups in total. The topological polar surface area (TPSA) is 42.1 Å². The number of hydrogen-bond donors (Lipinski definition) is 0. The van der Waals surface area contributed by atoms with Crippen molar-refractivity contribution in [3.05, 3.63) is 35.6 Å². The van der Waals surface area contributed by atoms with Crippen LogP contribution in [0.4, 0.5) is 9.18 Å². The van der Waals surface area contributed by atoms with Crippen LogP contribution in [0.3, 0.4) is 0 Å². The Morgan fingerprint density at radius 2 is 2.14 bits per heavy atom. The number of nitrogens with zero attached hydrogens (tertiary/aromatic N) is 1. The van der Waals surface area contributed by atoms with E-state index in [2.05, 4.69) is 0 Å². The van der Waals surface area contributed by atoms with Crippen molar-refractivity contribution in [2.45, 2.75) is 44.5 Å².